The molecule has 1 atom stereocenters. The van der Waals surface area contributed by atoms with Crippen LogP contribution in [0.15, 0.2) is 66.3 Å². The topological polar surface area (TPSA) is 0 Å². The molecule has 0 nitrogen and oxygen atoms in total. The summed E-state index contributed by atoms with van der Waals surface area (Å²) in [5, 5.41) is 0. The number of allylic oxidation sites excluding steroid dienone is 6. The summed E-state index contributed by atoms with van der Waals surface area (Å²) in [6.45, 7) is 24.1. The van der Waals surface area contributed by atoms with Gasteiger partial charge < -0.3 is 0 Å². The fourth-order valence-electron chi connectivity index (χ4n) is 3.16. The van der Waals surface area contributed by atoms with E-state index in [-0.39, 0.29) is 0 Å². The molecule has 0 saturated heterocycles. The molecule has 0 aliphatic heterocycles. The van der Waals surface area contributed by atoms with Crippen LogP contribution in [0.2, 0.25) is 0 Å². The summed E-state index contributed by atoms with van der Waals surface area (Å²) in [6, 6.07) is 6.74. The van der Waals surface area contributed by atoms with Crippen molar-refractivity contribution in [2.75, 3.05) is 0 Å². The molecule has 0 spiro atoms. The van der Waals surface area contributed by atoms with Crippen LogP contribution in [-0.2, 0) is 6.42 Å². The first-order valence-corrected chi connectivity index (χ1v) is 10.2. The van der Waals surface area contributed by atoms with Crippen molar-refractivity contribution in [2.24, 2.45) is 11.3 Å². The molecule has 1 aromatic rings. The fraction of sp³-hybridized carbons (Fsp3) is 0.481. The highest BCUT2D eigenvalue weighted by atomic mass is 14.2. The highest BCUT2D eigenvalue weighted by Gasteiger charge is 2.19. The molecular weight excluding hydrogens is 324 g/mol. The van der Waals surface area contributed by atoms with Crippen LogP contribution in [0.25, 0.3) is 0 Å². The van der Waals surface area contributed by atoms with Crippen LogP contribution in [0, 0.1) is 25.2 Å². The van der Waals surface area contributed by atoms with E-state index in [4.69, 9.17) is 0 Å². The Hall–Kier alpha value is -1.82. The van der Waals surface area contributed by atoms with Gasteiger partial charge in [0.1, 0.15) is 0 Å². The molecule has 27 heavy (non-hydrogen) atoms. The Balaban J connectivity index is 2.72. The van der Waals surface area contributed by atoms with Crippen molar-refractivity contribution >= 4 is 0 Å². The van der Waals surface area contributed by atoms with Gasteiger partial charge in [0.2, 0.25) is 0 Å². The summed E-state index contributed by atoms with van der Waals surface area (Å²) < 4.78 is 0. The van der Waals surface area contributed by atoms with Crippen LogP contribution < -0.4 is 0 Å². The Kier molecular flexibility index (Phi) is 9.03. The van der Waals surface area contributed by atoms with Crippen molar-refractivity contribution in [1.82, 2.24) is 0 Å². The van der Waals surface area contributed by atoms with Crippen LogP contribution in [0.3, 0.4) is 0 Å². The minimum Gasteiger partial charge on any atom is -0.0995 e. The van der Waals surface area contributed by atoms with E-state index < -0.39 is 0 Å². The second-order valence-electron chi connectivity index (χ2n) is 9.30. The van der Waals surface area contributed by atoms with E-state index in [9.17, 15) is 0 Å². The fourth-order valence-corrected chi connectivity index (χ4v) is 3.16. The molecular formula is C27H40. The zero-order chi connectivity index (χ0) is 20.6. The highest BCUT2D eigenvalue weighted by Crippen LogP contribution is 2.31. The Bertz CT molecular complexity index is 704. The van der Waals surface area contributed by atoms with Gasteiger partial charge in [0.05, 0.1) is 0 Å². The molecule has 0 fully saturated rings. The lowest BCUT2D eigenvalue weighted by Gasteiger charge is -2.27. The number of hydrogen-bond donors (Lipinski definition) is 0. The summed E-state index contributed by atoms with van der Waals surface area (Å²) in [5.41, 5.74) is 8.45. The predicted octanol–water partition coefficient (Wildman–Crippen LogP) is 8.31. The minimum absolute atomic E-state index is 0.372. The number of rotatable bonds is 9. The lowest BCUT2D eigenvalue weighted by molar-refractivity contribution is 0.247. The van der Waals surface area contributed by atoms with Crippen LogP contribution >= 0.6 is 0 Å². The molecule has 0 saturated carbocycles. The Morgan fingerprint density at radius 2 is 1.81 bits per heavy atom. The van der Waals surface area contributed by atoms with E-state index in [1.165, 1.54) is 39.8 Å². The van der Waals surface area contributed by atoms with Gasteiger partial charge in [0, 0.05) is 0 Å². The monoisotopic (exact) mass is 364 g/mol. The maximum absolute atomic E-state index is 4.33. The second kappa shape index (κ2) is 10.5. The molecule has 0 heteroatoms. The first-order chi connectivity index (χ1) is 12.5. The molecule has 0 heterocycles. The lowest BCUT2D eigenvalue weighted by atomic mass is 9.78. The van der Waals surface area contributed by atoms with Crippen LogP contribution in [-0.4, -0.2) is 0 Å². The van der Waals surface area contributed by atoms with Gasteiger partial charge >= 0.3 is 0 Å². The van der Waals surface area contributed by atoms with Gasteiger partial charge in [-0.2, -0.15) is 0 Å². The quantitative estimate of drug-likeness (QED) is 0.305. The molecule has 148 valence electrons. The Morgan fingerprint density at radius 3 is 2.37 bits per heavy atom. The van der Waals surface area contributed by atoms with Gasteiger partial charge in [-0.3, -0.25) is 0 Å². The smallest absolute Gasteiger partial charge is 0.00257 e. The molecule has 1 unspecified atom stereocenters. The summed E-state index contributed by atoms with van der Waals surface area (Å²) in [6.07, 6.45) is 10.6. The third-order valence-corrected chi connectivity index (χ3v) is 5.68. The molecule has 0 aliphatic rings. The van der Waals surface area contributed by atoms with Crippen LogP contribution in [0.1, 0.15) is 70.6 Å². The molecule has 0 aliphatic carbocycles. The third kappa shape index (κ3) is 8.61. The number of aryl methyl sites for hydroxylation is 2. The van der Waals surface area contributed by atoms with E-state index in [2.05, 4.69) is 92.0 Å². The third-order valence-electron chi connectivity index (χ3n) is 5.68. The first-order valence-electron chi connectivity index (χ1n) is 10.2. The largest absolute Gasteiger partial charge is 0.0995 e. The molecule has 0 amide bonds. The summed E-state index contributed by atoms with van der Waals surface area (Å²) in [7, 11) is 0. The van der Waals surface area contributed by atoms with Gasteiger partial charge in [0.25, 0.3) is 0 Å². The van der Waals surface area contributed by atoms with E-state index >= 15 is 0 Å². The summed E-state index contributed by atoms with van der Waals surface area (Å²) >= 11 is 0. The van der Waals surface area contributed by atoms with Crippen LogP contribution in [0.5, 0.6) is 0 Å². The molecule has 0 aromatic heterocycles. The maximum Gasteiger partial charge on any atom is -0.00257 e. The summed E-state index contributed by atoms with van der Waals surface area (Å²) in [4.78, 5) is 0. The highest BCUT2D eigenvalue weighted by molar-refractivity contribution is 5.37. The van der Waals surface area contributed by atoms with E-state index in [1.807, 2.05) is 6.08 Å². The van der Waals surface area contributed by atoms with E-state index in [0.29, 0.717) is 11.3 Å². The van der Waals surface area contributed by atoms with Crippen molar-refractivity contribution in [3.8, 4) is 0 Å². The standard InChI is InChI=1S/C27H40/c1-10-11-25(19-26-15-13-22(4)23(5)18-26)17-21(3)16-20(2)12-14-24(6)27(7,8)9/h10-11,13,15,17-18,24H,1-2,12,14,16,19H2,3-9H3/b21-17+,25-11+. The van der Waals surface area contributed by atoms with Gasteiger partial charge in [-0.1, -0.05) is 88.4 Å². The van der Waals surface area contributed by atoms with Crippen molar-refractivity contribution in [1.29, 1.82) is 0 Å². The Morgan fingerprint density at radius 1 is 1.15 bits per heavy atom. The Labute approximate surface area is 168 Å². The summed E-state index contributed by atoms with van der Waals surface area (Å²) in [5.74, 6) is 0.708. The SMILES string of the molecule is C=C/C=C(\C=C(/C)CC(=C)CCC(C)C(C)(C)C)Cc1ccc(C)c(C)c1. The molecule has 0 bridgehead atoms. The molecule has 0 N–H and O–H groups in total. The van der Waals surface area contributed by atoms with E-state index in [1.54, 1.807) is 0 Å². The normalized spacial score (nSPS) is 14.2. The lowest BCUT2D eigenvalue weighted by Crippen LogP contribution is -2.17. The average Bonchev–Trinajstić information content (AvgIpc) is 2.55. The van der Waals surface area contributed by atoms with Crippen molar-refractivity contribution < 1.29 is 0 Å². The number of hydrogen-bond acceptors (Lipinski definition) is 0. The molecule has 0 radical (unpaired) electrons. The van der Waals surface area contributed by atoms with Crippen molar-refractivity contribution in [3.63, 3.8) is 0 Å². The molecule has 1 aromatic carbocycles. The molecule has 1 rings (SSSR count). The van der Waals surface area contributed by atoms with Gasteiger partial charge in [-0.25, -0.2) is 0 Å². The van der Waals surface area contributed by atoms with Gasteiger partial charge in [-0.15, -0.1) is 0 Å². The van der Waals surface area contributed by atoms with Crippen molar-refractivity contribution in [2.45, 2.75) is 74.1 Å². The van der Waals surface area contributed by atoms with E-state index in [0.717, 1.165) is 19.3 Å². The number of benzene rings is 1. The van der Waals surface area contributed by atoms with Gasteiger partial charge in [0.15, 0.2) is 0 Å². The van der Waals surface area contributed by atoms with Crippen molar-refractivity contribution in [3.05, 3.63) is 83.0 Å². The zero-order valence-corrected chi connectivity index (χ0v) is 18.8. The zero-order valence-electron chi connectivity index (χ0n) is 18.8. The second-order valence-corrected chi connectivity index (χ2v) is 9.30. The maximum atomic E-state index is 4.33. The van der Waals surface area contributed by atoms with Gasteiger partial charge in [-0.05, 0) is 80.1 Å². The minimum atomic E-state index is 0.372. The first kappa shape index (κ1) is 23.2. The average molecular weight is 365 g/mol. The van der Waals surface area contributed by atoms with Crippen LogP contribution in [0.4, 0.5) is 0 Å². The predicted molar refractivity (Wildman–Crippen MR) is 123 cm³/mol.